The number of carbonyl (C=O) groups is 1. The molecule has 6 nitrogen and oxygen atoms in total. The molecule has 0 aliphatic heterocycles. The highest BCUT2D eigenvalue weighted by molar-refractivity contribution is 5.94. The first-order valence-electron chi connectivity index (χ1n) is 6.95. The second-order valence-electron chi connectivity index (χ2n) is 5.20. The van der Waals surface area contributed by atoms with Crippen LogP contribution >= 0.6 is 0 Å². The van der Waals surface area contributed by atoms with E-state index >= 15 is 0 Å². The van der Waals surface area contributed by atoms with Gasteiger partial charge in [0, 0.05) is 56.0 Å². The molecule has 0 unspecified atom stereocenters. The second kappa shape index (κ2) is 5.85. The van der Waals surface area contributed by atoms with Crippen molar-refractivity contribution in [3.05, 3.63) is 66.5 Å². The van der Waals surface area contributed by atoms with Crippen LogP contribution in [0.5, 0.6) is 0 Å². The van der Waals surface area contributed by atoms with Crippen molar-refractivity contribution in [2.24, 2.45) is 7.05 Å². The Labute approximate surface area is 128 Å². The normalized spacial score (nSPS) is 10.6. The largest absolute Gasteiger partial charge is 0.337 e. The van der Waals surface area contributed by atoms with Crippen molar-refractivity contribution in [1.29, 1.82) is 0 Å². The van der Waals surface area contributed by atoms with E-state index in [9.17, 15) is 4.79 Å². The monoisotopic (exact) mass is 295 g/mol. The first kappa shape index (κ1) is 14.1. The molecule has 1 amide bonds. The zero-order chi connectivity index (χ0) is 15.5. The van der Waals surface area contributed by atoms with Gasteiger partial charge in [0.05, 0.1) is 12.5 Å². The number of carbonyl (C=O) groups excluding carboxylic acids is 1. The van der Waals surface area contributed by atoms with Gasteiger partial charge in [-0.1, -0.05) is 0 Å². The Morgan fingerprint density at radius 2 is 2.05 bits per heavy atom. The maximum Gasteiger partial charge on any atom is 0.253 e. The van der Waals surface area contributed by atoms with Crippen LogP contribution < -0.4 is 0 Å². The molecule has 22 heavy (non-hydrogen) atoms. The van der Waals surface area contributed by atoms with Crippen LogP contribution in [-0.2, 0) is 13.6 Å². The van der Waals surface area contributed by atoms with E-state index in [0.29, 0.717) is 12.1 Å². The van der Waals surface area contributed by atoms with Gasteiger partial charge in [-0.2, -0.15) is 5.10 Å². The number of hydrogen-bond acceptors (Lipinski definition) is 3. The van der Waals surface area contributed by atoms with Gasteiger partial charge in [-0.05, 0) is 24.3 Å². The molecule has 0 N–H and O–H groups in total. The molecule has 3 aromatic rings. The molecule has 0 radical (unpaired) electrons. The van der Waals surface area contributed by atoms with Crippen LogP contribution in [0.25, 0.3) is 5.69 Å². The third-order valence-electron chi connectivity index (χ3n) is 3.44. The summed E-state index contributed by atoms with van der Waals surface area (Å²) in [6, 6.07) is 7.48. The Balaban J connectivity index is 1.71. The standard InChI is InChI=1S/C16H17N5O/c1-19(10-13-9-18-20(2)11-13)16(22)14-3-5-15(6-4-14)21-8-7-17-12-21/h3-9,11-12H,10H2,1-2H3. The van der Waals surface area contributed by atoms with E-state index in [2.05, 4.69) is 10.1 Å². The number of aryl methyl sites for hydroxylation is 1. The third kappa shape index (κ3) is 2.90. The fourth-order valence-corrected chi connectivity index (χ4v) is 2.31. The van der Waals surface area contributed by atoms with Crippen molar-refractivity contribution >= 4 is 5.91 Å². The van der Waals surface area contributed by atoms with Crippen molar-refractivity contribution in [3.63, 3.8) is 0 Å². The number of aromatic nitrogens is 4. The molecule has 2 heterocycles. The molecule has 0 saturated carbocycles. The number of rotatable bonds is 4. The summed E-state index contributed by atoms with van der Waals surface area (Å²) in [4.78, 5) is 18.1. The van der Waals surface area contributed by atoms with Gasteiger partial charge >= 0.3 is 0 Å². The van der Waals surface area contributed by atoms with Crippen molar-refractivity contribution in [1.82, 2.24) is 24.2 Å². The molecule has 3 rings (SSSR count). The summed E-state index contributed by atoms with van der Waals surface area (Å²) in [5.41, 5.74) is 2.65. The zero-order valence-corrected chi connectivity index (χ0v) is 12.5. The van der Waals surface area contributed by atoms with Crippen molar-refractivity contribution in [3.8, 4) is 5.69 Å². The predicted molar refractivity (Wildman–Crippen MR) is 82.6 cm³/mol. The minimum Gasteiger partial charge on any atom is -0.337 e. The highest BCUT2D eigenvalue weighted by Gasteiger charge is 2.12. The summed E-state index contributed by atoms with van der Waals surface area (Å²) in [5.74, 6) is -0.0129. The number of nitrogens with zero attached hydrogens (tertiary/aromatic N) is 5. The van der Waals surface area contributed by atoms with Gasteiger partial charge in [0.15, 0.2) is 0 Å². The number of imidazole rings is 1. The lowest BCUT2D eigenvalue weighted by molar-refractivity contribution is 0.0785. The highest BCUT2D eigenvalue weighted by Crippen LogP contribution is 2.12. The molecule has 112 valence electrons. The van der Waals surface area contributed by atoms with E-state index in [0.717, 1.165) is 11.3 Å². The Morgan fingerprint density at radius 3 is 2.64 bits per heavy atom. The molecular weight excluding hydrogens is 278 g/mol. The van der Waals surface area contributed by atoms with E-state index in [1.165, 1.54) is 0 Å². The van der Waals surface area contributed by atoms with E-state index in [4.69, 9.17) is 0 Å². The minimum absolute atomic E-state index is 0.0129. The van der Waals surface area contributed by atoms with E-state index < -0.39 is 0 Å². The topological polar surface area (TPSA) is 56.0 Å². The lowest BCUT2D eigenvalue weighted by Gasteiger charge is -2.16. The Hall–Kier alpha value is -2.89. The average Bonchev–Trinajstić information content (AvgIpc) is 3.18. The molecule has 0 spiro atoms. The van der Waals surface area contributed by atoms with Gasteiger partial charge in [0.25, 0.3) is 5.91 Å². The zero-order valence-electron chi connectivity index (χ0n) is 12.5. The van der Waals surface area contributed by atoms with Gasteiger partial charge in [-0.25, -0.2) is 4.98 Å². The molecular formula is C16H17N5O. The van der Waals surface area contributed by atoms with Crippen LogP contribution in [0.4, 0.5) is 0 Å². The van der Waals surface area contributed by atoms with Crippen molar-refractivity contribution < 1.29 is 4.79 Å². The van der Waals surface area contributed by atoms with Gasteiger partial charge < -0.3 is 9.47 Å². The summed E-state index contributed by atoms with van der Waals surface area (Å²) in [5, 5.41) is 4.11. The summed E-state index contributed by atoms with van der Waals surface area (Å²) in [6.45, 7) is 0.538. The van der Waals surface area contributed by atoms with Crippen molar-refractivity contribution in [2.75, 3.05) is 7.05 Å². The SMILES string of the molecule is CN(Cc1cnn(C)c1)C(=O)c1ccc(-n2ccnc2)cc1. The van der Waals surface area contributed by atoms with Gasteiger partial charge in [0.1, 0.15) is 0 Å². The fraction of sp³-hybridized carbons (Fsp3) is 0.188. The van der Waals surface area contributed by atoms with Gasteiger partial charge in [-0.3, -0.25) is 9.48 Å². The summed E-state index contributed by atoms with van der Waals surface area (Å²) < 4.78 is 3.63. The Bertz CT molecular complexity index is 758. The molecule has 0 bridgehead atoms. The first-order valence-corrected chi connectivity index (χ1v) is 6.95. The quantitative estimate of drug-likeness (QED) is 0.738. The Kier molecular flexibility index (Phi) is 3.74. The lowest BCUT2D eigenvalue weighted by atomic mass is 10.1. The third-order valence-corrected chi connectivity index (χ3v) is 3.44. The molecule has 0 atom stereocenters. The fourth-order valence-electron chi connectivity index (χ4n) is 2.31. The van der Waals surface area contributed by atoms with E-state index in [1.807, 2.05) is 48.3 Å². The van der Waals surface area contributed by atoms with Crippen LogP contribution in [0.3, 0.4) is 0 Å². The number of hydrogen-bond donors (Lipinski definition) is 0. The van der Waals surface area contributed by atoms with Crippen LogP contribution in [0.1, 0.15) is 15.9 Å². The molecule has 1 aromatic carbocycles. The average molecular weight is 295 g/mol. The number of benzene rings is 1. The minimum atomic E-state index is -0.0129. The Morgan fingerprint density at radius 1 is 1.27 bits per heavy atom. The maximum absolute atomic E-state index is 12.4. The van der Waals surface area contributed by atoms with Crippen LogP contribution in [0.2, 0.25) is 0 Å². The molecule has 6 heteroatoms. The second-order valence-corrected chi connectivity index (χ2v) is 5.20. The molecule has 0 aliphatic carbocycles. The molecule has 2 aromatic heterocycles. The summed E-state index contributed by atoms with van der Waals surface area (Å²) >= 11 is 0. The lowest BCUT2D eigenvalue weighted by Crippen LogP contribution is -2.26. The molecule has 0 saturated heterocycles. The molecule has 0 aliphatic rings. The van der Waals surface area contributed by atoms with Crippen LogP contribution in [-0.4, -0.2) is 37.2 Å². The summed E-state index contributed by atoms with van der Waals surface area (Å²) in [6.07, 6.45) is 9.00. The van der Waals surface area contributed by atoms with Gasteiger partial charge in [0.2, 0.25) is 0 Å². The first-order chi connectivity index (χ1) is 10.6. The summed E-state index contributed by atoms with van der Waals surface area (Å²) in [7, 11) is 3.65. The van der Waals surface area contributed by atoms with Gasteiger partial charge in [-0.15, -0.1) is 0 Å². The maximum atomic E-state index is 12.4. The smallest absolute Gasteiger partial charge is 0.253 e. The van der Waals surface area contributed by atoms with Crippen LogP contribution in [0, 0.1) is 0 Å². The van der Waals surface area contributed by atoms with E-state index in [1.54, 1.807) is 35.4 Å². The number of amides is 1. The highest BCUT2D eigenvalue weighted by atomic mass is 16.2. The molecule has 0 fully saturated rings. The van der Waals surface area contributed by atoms with E-state index in [-0.39, 0.29) is 5.91 Å². The predicted octanol–water partition coefficient (Wildman–Crippen LogP) is 1.88. The van der Waals surface area contributed by atoms with Crippen molar-refractivity contribution in [2.45, 2.75) is 6.54 Å². The van der Waals surface area contributed by atoms with Crippen LogP contribution in [0.15, 0.2) is 55.4 Å².